The lowest BCUT2D eigenvalue weighted by molar-refractivity contribution is -0.120. The minimum Gasteiger partial charge on any atom is -0.354 e. The first-order chi connectivity index (χ1) is 15.6. The van der Waals surface area contributed by atoms with E-state index in [2.05, 4.69) is 39.2 Å². The number of hydrogen-bond donors (Lipinski definition) is 2. The first-order valence-corrected chi connectivity index (χ1v) is 12.0. The number of rotatable bonds is 9. The van der Waals surface area contributed by atoms with Crippen LogP contribution in [0.2, 0.25) is 0 Å². The third-order valence-corrected chi connectivity index (χ3v) is 6.67. The van der Waals surface area contributed by atoms with Gasteiger partial charge in [-0.05, 0) is 68.5 Å². The number of nitrogens with one attached hydrogen (secondary N) is 2. The average molecular weight is 470 g/mol. The Bertz CT molecular complexity index is 1180. The Morgan fingerprint density at radius 1 is 0.939 bits per heavy atom. The first kappa shape index (κ1) is 24.4. The van der Waals surface area contributed by atoms with Crippen molar-refractivity contribution in [1.29, 1.82) is 0 Å². The molecule has 3 aromatic rings. The maximum atomic E-state index is 13.0. The number of nitrogens with zero attached hydrogens (tertiary/aromatic N) is 1. The Balaban J connectivity index is 1.57. The molecule has 0 heterocycles. The molecule has 8 heteroatoms. The van der Waals surface area contributed by atoms with Crippen LogP contribution in [-0.4, -0.2) is 39.9 Å². The SMILES string of the molecule is Cc1ccc(C(CNC(=O)Cc2ccc(NS(=O)(=O)c3ccc(F)cc3)cc2)N(C)C)cc1. The van der Waals surface area contributed by atoms with Crippen LogP contribution in [0, 0.1) is 12.7 Å². The van der Waals surface area contributed by atoms with Crippen molar-refractivity contribution >= 4 is 21.6 Å². The van der Waals surface area contributed by atoms with Gasteiger partial charge in [-0.15, -0.1) is 0 Å². The highest BCUT2D eigenvalue weighted by Gasteiger charge is 2.16. The van der Waals surface area contributed by atoms with Gasteiger partial charge >= 0.3 is 0 Å². The van der Waals surface area contributed by atoms with Crippen LogP contribution >= 0.6 is 0 Å². The second-order valence-corrected chi connectivity index (χ2v) is 9.81. The molecule has 0 bridgehead atoms. The van der Waals surface area contributed by atoms with Crippen LogP contribution in [0.1, 0.15) is 22.7 Å². The Labute approximate surface area is 194 Å². The summed E-state index contributed by atoms with van der Waals surface area (Å²) < 4.78 is 40.3. The van der Waals surface area contributed by atoms with Crippen LogP contribution in [0.15, 0.2) is 77.7 Å². The number of carbonyl (C=O) groups excluding carboxylic acids is 1. The van der Waals surface area contributed by atoms with E-state index in [9.17, 15) is 17.6 Å². The van der Waals surface area contributed by atoms with Crippen LogP contribution in [0.5, 0.6) is 0 Å². The van der Waals surface area contributed by atoms with Gasteiger partial charge in [-0.3, -0.25) is 9.52 Å². The van der Waals surface area contributed by atoms with Crippen molar-refractivity contribution in [2.24, 2.45) is 0 Å². The van der Waals surface area contributed by atoms with Crippen molar-refractivity contribution < 1.29 is 17.6 Å². The summed E-state index contributed by atoms with van der Waals surface area (Å²) in [6, 6.07) is 19.5. The summed E-state index contributed by atoms with van der Waals surface area (Å²) in [7, 11) is 0.127. The molecule has 0 saturated heterocycles. The van der Waals surface area contributed by atoms with Gasteiger partial charge < -0.3 is 10.2 Å². The fourth-order valence-electron chi connectivity index (χ4n) is 3.36. The number of hydrogen-bond acceptors (Lipinski definition) is 4. The number of halogens is 1. The fourth-order valence-corrected chi connectivity index (χ4v) is 4.42. The fraction of sp³-hybridized carbons (Fsp3) is 0.240. The predicted octanol–water partition coefficient (Wildman–Crippen LogP) is 3.90. The van der Waals surface area contributed by atoms with Gasteiger partial charge in [0.05, 0.1) is 17.4 Å². The Morgan fingerprint density at radius 2 is 1.55 bits per heavy atom. The van der Waals surface area contributed by atoms with Crippen molar-refractivity contribution in [2.45, 2.75) is 24.3 Å². The highest BCUT2D eigenvalue weighted by atomic mass is 32.2. The van der Waals surface area contributed by atoms with E-state index in [0.29, 0.717) is 12.2 Å². The van der Waals surface area contributed by atoms with E-state index < -0.39 is 15.8 Å². The number of carbonyl (C=O) groups is 1. The van der Waals surface area contributed by atoms with Crippen molar-refractivity contribution in [3.8, 4) is 0 Å². The number of benzene rings is 3. The van der Waals surface area contributed by atoms with Gasteiger partial charge in [0.1, 0.15) is 5.82 Å². The van der Waals surface area contributed by atoms with Crippen LogP contribution in [0.4, 0.5) is 10.1 Å². The molecule has 1 amide bonds. The zero-order valence-electron chi connectivity index (χ0n) is 18.9. The normalized spacial score (nSPS) is 12.4. The molecule has 3 aromatic carbocycles. The van der Waals surface area contributed by atoms with Gasteiger partial charge in [-0.1, -0.05) is 42.0 Å². The van der Waals surface area contributed by atoms with Crippen LogP contribution in [0.3, 0.4) is 0 Å². The van der Waals surface area contributed by atoms with Crippen LogP contribution in [0.25, 0.3) is 0 Å². The molecule has 0 radical (unpaired) electrons. The first-order valence-electron chi connectivity index (χ1n) is 10.5. The van der Waals surface area contributed by atoms with Crippen molar-refractivity contribution in [3.63, 3.8) is 0 Å². The molecule has 3 rings (SSSR count). The Kier molecular flexibility index (Phi) is 7.84. The minimum atomic E-state index is -3.82. The van der Waals surface area contributed by atoms with E-state index in [0.717, 1.165) is 23.3 Å². The zero-order valence-corrected chi connectivity index (χ0v) is 19.7. The van der Waals surface area contributed by atoms with E-state index in [4.69, 9.17) is 0 Å². The summed E-state index contributed by atoms with van der Waals surface area (Å²) in [5.74, 6) is -0.624. The van der Waals surface area contributed by atoms with E-state index in [1.54, 1.807) is 24.3 Å². The van der Waals surface area contributed by atoms with Crippen LogP contribution in [-0.2, 0) is 21.2 Å². The lowest BCUT2D eigenvalue weighted by Crippen LogP contribution is -2.35. The Morgan fingerprint density at radius 3 is 2.12 bits per heavy atom. The van der Waals surface area contributed by atoms with E-state index in [1.807, 2.05) is 21.0 Å². The summed E-state index contributed by atoms with van der Waals surface area (Å²) in [5.41, 5.74) is 3.43. The molecular formula is C25H28FN3O3S. The van der Waals surface area contributed by atoms with Gasteiger partial charge in [0.15, 0.2) is 0 Å². The summed E-state index contributed by atoms with van der Waals surface area (Å²) >= 11 is 0. The smallest absolute Gasteiger partial charge is 0.261 e. The number of likely N-dealkylation sites (N-methyl/N-ethyl adjacent to an activating group) is 1. The molecule has 0 fully saturated rings. The molecule has 0 aliphatic carbocycles. The van der Waals surface area contributed by atoms with Gasteiger partial charge in [0, 0.05) is 12.2 Å². The van der Waals surface area contributed by atoms with Gasteiger partial charge in [-0.25, -0.2) is 12.8 Å². The molecule has 0 aliphatic rings. The van der Waals surface area contributed by atoms with Crippen molar-refractivity contribution in [1.82, 2.24) is 10.2 Å². The summed E-state index contributed by atoms with van der Waals surface area (Å²) in [6.07, 6.45) is 0.180. The second-order valence-electron chi connectivity index (χ2n) is 8.13. The van der Waals surface area contributed by atoms with E-state index in [1.165, 1.54) is 17.7 Å². The molecule has 0 spiro atoms. The average Bonchev–Trinajstić information content (AvgIpc) is 2.76. The highest BCUT2D eigenvalue weighted by molar-refractivity contribution is 7.92. The quantitative estimate of drug-likeness (QED) is 0.498. The summed E-state index contributed by atoms with van der Waals surface area (Å²) in [4.78, 5) is 14.5. The number of sulfonamides is 1. The predicted molar refractivity (Wildman–Crippen MR) is 128 cm³/mol. The molecule has 1 atom stereocenters. The molecule has 0 saturated carbocycles. The largest absolute Gasteiger partial charge is 0.354 e. The molecule has 6 nitrogen and oxygen atoms in total. The number of amides is 1. The third kappa shape index (κ3) is 6.87. The second kappa shape index (κ2) is 10.6. The van der Waals surface area contributed by atoms with Gasteiger partial charge in [0.2, 0.25) is 5.91 Å². The topological polar surface area (TPSA) is 78.5 Å². The van der Waals surface area contributed by atoms with Gasteiger partial charge in [0.25, 0.3) is 10.0 Å². The maximum Gasteiger partial charge on any atom is 0.261 e. The monoisotopic (exact) mass is 469 g/mol. The Hall–Kier alpha value is -3.23. The van der Waals surface area contributed by atoms with E-state index >= 15 is 0 Å². The molecule has 0 aromatic heterocycles. The van der Waals surface area contributed by atoms with Crippen molar-refractivity contribution in [2.75, 3.05) is 25.4 Å². The molecule has 174 valence electrons. The lowest BCUT2D eigenvalue weighted by atomic mass is 10.0. The van der Waals surface area contributed by atoms with E-state index in [-0.39, 0.29) is 23.3 Å². The summed E-state index contributed by atoms with van der Waals surface area (Å²) in [6.45, 7) is 2.51. The van der Waals surface area contributed by atoms with Crippen LogP contribution < -0.4 is 10.0 Å². The third-order valence-electron chi connectivity index (χ3n) is 5.27. The lowest BCUT2D eigenvalue weighted by Gasteiger charge is -2.25. The molecule has 1 unspecified atom stereocenters. The van der Waals surface area contributed by atoms with Gasteiger partial charge in [-0.2, -0.15) is 0 Å². The summed E-state index contributed by atoms with van der Waals surface area (Å²) in [5, 5.41) is 2.98. The minimum absolute atomic E-state index is 0.0311. The maximum absolute atomic E-state index is 13.0. The molecule has 0 aliphatic heterocycles. The number of anilines is 1. The molecular weight excluding hydrogens is 441 g/mol. The standard InChI is InChI=1S/C25H28FN3O3S/c1-18-4-8-20(9-5-18)24(29(2)3)17-27-25(30)16-19-6-12-22(13-7-19)28-33(31,32)23-14-10-21(26)11-15-23/h4-15,24,28H,16-17H2,1-3H3,(H,27,30). The molecule has 2 N–H and O–H groups in total. The highest BCUT2D eigenvalue weighted by Crippen LogP contribution is 2.19. The number of aryl methyl sites for hydroxylation is 1. The zero-order chi connectivity index (χ0) is 24.0. The van der Waals surface area contributed by atoms with Crippen molar-refractivity contribution in [3.05, 3.63) is 95.3 Å². The molecule has 33 heavy (non-hydrogen) atoms.